The summed E-state index contributed by atoms with van der Waals surface area (Å²) in [5, 5.41) is 2.09. The number of hydrogen-bond acceptors (Lipinski definition) is 5. The highest BCUT2D eigenvalue weighted by atomic mass is 16.6. The van der Waals surface area contributed by atoms with Gasteiger partial charge in [-0.05, 0) is 0 Å². The van der Waals surface area contributed by atoms with Gasteiger partial charge in [-0.1, -0.05) is 0 Å². The lowest BCUT2D eigenvalue weighted by Gasteiger charge is -1.94. The van der Waals surface area contributed by atoms with Crippen LogP contribution in [0.2, 0.25) is 0 Å². The Hall–Kier alpha value is -1.72. The fourth-order valence-corrected chi connectivity index (χ4v) is 0.446. The van der Waals surface area contributed by atoms with E-state index in [2.05, 4.69) is 18.9 Å². The molecule has 0 bridgehead atoms. The van der Waals surface area contributed by atoms with Crippen LogP contribution >= 0.6 is 0 Å². The van der Waals surface area contributed by atoms with Crippen LogP contribution in [-0.4, -0.2) is 13.2 Å². The minimum absolute atomic E-state index is 0.0816. The Kier molecular flexibility index (Phi) is 1.95. The van der Waals surface area contributed by atoms with E-state index in [1.165, 1.54) is 7.11 Å². The number of hydrogen-bond donors (Lipinski definition) is 1. The predicted octanol–water partition coefficient (Wildman–Crippen LogP) is 0.411. The van der Waals surface area contributed by atoms with Crippen molar-refractivity contribution < 1.29 is 18.4 Å². The van der Waals surface area contributed by atoms with Crippen molar-refractivity contribution in [3.63, 3.8) is 0 Å². The second-order valence-corrected chi connectivity index (χ2v) is 1.57. The van der Waals surface area contributed by atoms with Gasteiger partial charge in [0.15, 0.2) is 6.26 Å². The van der Waals surface area contributed by atoms with Crippen molar-refractivity contribution in [1.29, 1.82) is 0 Å². The standard InChI is InChI=1S/C5H5NO5/c1-9-4(7)6-3-2-10-5(8)11-3/h2H,1H3,(H,6,7). The highest BCUT2D eigenvalue weighted by Gasteiger charge is 2.04. The first-order chi connectivity index (χ1) is 5.22. The Bertz CT molecular complexity index is 298. The Labute approximate surface area is 60.7 Å². The Morgan fingerprint density at radius 3 is 2.91 bits per heavy atom. The lowest BCUT2D eigenvalue weighted by Crippen LogP contribution is -2.10. The molecule has 1 rings (SSSR count). The molecule has 0 fully saturated rings. The molecule has 6 nitrogen and oxygen atoms in total. The smallest absolute Gasteiger partial charge is 0.453 e. The van der Waals surface area contributed by atoms with Crippen LogP contribution in [0.25, 0.3) is 0 Å². The molecule has 1 heterocycles. The molecule has 0 aliphatic rings. The third-order valence-corrected chi connectivity index (χ3v) is 0.866. The number of ether oxygens (including phenoxy) is 1. The summed E-state index contributed by atoms with van der Waals surface area (Å²) in [6.45, 7) is 0. The number of rotatable bonds is 1. The molecular formula is C5H5NO5. The van der Waals surface area contributed by atoms with Crippen molar-refractivity contribution in [2.45, 2.75) is 0 Å². The van der Waals surface area contributed by atoms with Crippen molar-refractivity contribution in [2.75, 3.05) is 12.4 Å². The van der Waals surface area contributed by atoms with Crippen LogP contribution < -0.4 is 11.1 Å². The van der Waals surface area contributed by atoms with Gasteiger partial charge >= 0.3 is 11.9 Å². The molecule has 0 saturated heterocycles. The number of carbonyl (C=O) groups is 1. The van der Waals surface area contributed by atoms with E-state index in [0.717, 1.165) is 6.26 Å². The van der Waals surface area contributed by atoms with E-state index in [-0.39, 0.29) is 5.88 Å². The Morgan fingerprint density at radius 2 is 2.45 bits per heavy atom. The van der Waals surface area contributed by atoms with Crippen LogP contribution in [0.1, 0.15) is 0 Å². The highest BCUT2D eigenvalue weighted by Crippen LogP contribution is 2.01. The minimum Gasteiger partial charge on any atom is -0.453 e. The normalized spacial score (nSPS) is 9.18. The van der Waals surface area contributed by atoms with Gasteiger partial charge in [-0.3, -0.25) is 5.32 Å². The van der Waals surface area contributed by atoms with Gasteiger partial charge in [0.2, 0.25) is 5.88 Å². The third kappa shape index (κ3) is 1.85. The van der Waals surface area contributed by atoms with Crippen LogP contribution in [0.4, 0.5) is 10.7 Å². The fourth-order valence-electron chi connectivity index (χ4n) is 0.446. The zero-order chi connectivity index (χ0) is 8.27. The van der Waals surface area contributed by atoms with E-state index in [1.54, 1.807) is 0 Å². The van der Waals surface area contributed by atoms with E-state index < -0.39 is 11.9 Å². The molecule has 60 valence electrons. The van der Waals surface area contributed by atoms with Crippen LogP contribution in [0.5, 0.6) is 0 Å². The van der Waals surface area contributed by atoms with Gasteiger partial charge in [0, 0.05) is 0 Å². The van der Waals surface area contributed by atoms with Gasteiger partial charge in [0.25, 0.3) is 0 Å². The maximum atomic E-state index is 10.5. The molecule has 0 spiro atoms. The van der Waals surface area contributed by atoms with Crippen molar-refractivity contribution in [1.82, 2.24) is 0 Å². The lowest BCUT2D eigenvalue weighted by atomic mass is 10.8. The lowest BCUT2D eigenvalue weighted by molar-refractivity contribution is 0.186. The molecule has 11 heavy (non-hydrogen) atoms. The number of methoxy groups -OCH3 is 1. The van der Waals surface area contributed by atoms with E-state index >= 15 is 0 Å². The summed E-state index contributed by atoms with van der Waals surface area (Å²) < 4.78 is 12.7. The van der Waals surface area contributed by atoms with Gasteiger partial charge in [-0.15, -0.1) is 0 Å². The Balaban J connectivity index is 2.65. The SMILES string of the molecule is COC(=O)Nc1coc(=O)o1. The maximum absolute atomic E-state index is 10.5. The number of carbonyl (C=O) groups excluding carboxylic acids is 1. The summed E-state index contributed by atoms with van der Waals surface area (Å²) >= 11 is 0. The second kappa shape index (κ2) is 2.91. The first-order valence-electron chi connectivity index (χ1n) is 2.66. The molecule has 0 saturated carbocycles. The van der Waals surface area contributed by atoms with E-state index in [0.29, 0.717) is 0 Å². The summed E-state index contributed by atoms with van der Waals surface area (Å²) in [4.78, 5) is 20.7. The largest absolute Gasteiger partial charge is 0.520 e. The number of amides is 1. The molecule has 0 unspecified atom stereocenters. The average Bonchev–Trinajstić information content (AvgIpc) is 2.35. The van der Waals surface area contributed by atoms with Gasteiger partial charge in [-0.2, -0.15) is 0 Å². The highest BCUT2D eigenvalue weighted by molar-refractivity contribution is 5.82. The van der Waals surface area contributed by atoms with Gasteiger partial charge < -0.3 is 13.6 Å². The molecule has 0 radical (unpaired) electrons. The molecule has 1 aromatic rings. The molecule has 0 aliphatic heterocycles. The van der Waals surface area contributed by atoms with Gasteiger partial charge in [0.1, 0.15) is 0 Å². The third-order valence-electron chi connectivity index (χ3n) is 0.866. The summed E-state index contributed by atoms with van der Waals surface area (Å²) in [5.41, 5.74) is 0. The summed E-state index contributed by atoms with van der Waals surface area (Å²) in [6, 6.07) is 0. The maximum Gasteiger partial charge on any atom is 0.520 e. The average molecular weight is 159 g/mol. The first-order valence-corrected chi connectivity index (χ1v) is 2.66. The fraction of sp³-hybridized carbons (Fsp3) is 0.200. The van der Waals surface area contributed by atoms with Crippen molar-refractivity contribution in [3.8, 4) is 0 Å². The van der Waals surface area contributed by atoms with Crippen LogP contribution in [0.15, 0.2) is 19.9 Å². The second-order valence-electron chi connectivity index (χ2n) is 1.57. The van der Waals surface area contributed by atoms with E-state index in [9.17, 15) is 9.59 Å². The van der Waals surface area contributed by atoms with Crippen molar-refractivity contribution in [3.05, 3.63) is 16.9 Å². The first kappa shape index (κ1) is 7.39. The molecule has 6 heteroatoms. The van der Waals surface area contributed by atoms with E-state index in [1.807, 2.05) is 0 Å². The van der Waals surface area contributed by atoms with Crippen LogP contribution in [0, 0.1) is 0 Å². The quantitative estimate of drug-likeness (QED) is 0.641. The van der Waals surface area contributed by atoms with Crippen molar-refractivity contribution in [2.24, 2.45) is 0 Å². The Morgan fingerprint density at radius 1 is 1.73 bits per heavy atom. The molecule has 0 atom stereocenters. The monoisotopic (exact) mass is 159 g/mol. The topological polar surface area (TPSA) is 81.7 Å². The van der Waals surface area contributed by atoms with E-state index in [4.69, 9.17) is 0 Å². The molecule has 1 aromatic heterocycles. The van der Waals surface area contributed by atoms with Gasteiger partial charge in [0.05, 0.1) is 7.11 Å². The zero-order valence-corrected chi connectivity index (χ0v) is 5.62. The molecule has 1 N–H and O–H groups in total. The van der Waals surface area contributed by atoms with Gasteiger partial charge in [-0.25, -0.2) is 9.59 Å². The predicted molar refractivity (Wildman–Crippen MR) is 33.3 cm³/mol. The minimum atomic E-state index is -0.878. The molecule has 0 aliphatic carbocycles. The molecule has 0 aromatic carbocycles. The number of nitrogens with one attached hydrogen (secondary N) is 1. The number of anilines is 1. The summed E-state index contributed by atoms with van der Waals surface area (Å²) in [6.07, 6.45) is 0.244. The zero-order valence-electron chi connectivity index (χ0n) is 5.62. The molecular weight excluding hydrogens is 154 g/mol. The van der Waals surface area contributed by atoms with Crippen LogP contribution in [-0.2, 0) is 4.74 Å². The van der Waals surface area contributed by atoms with Crippen molar-refractivity contribution >= 4 is 12.0 Å². The molecule has 1 amide bonds. The summed E-state index contributed by atoms with van der Waals surface area (Å²) in [5.74, 6) is -0.960. The van der Waals surface area contributed by atoms with Crippen LogP contribution in [0.3, 0.4) is 0 Å². The summed E-state index contributed by atoms with van der Waals surface area (Å²) in [7, 11) is 1.19.